The Balaban J connectivity index is 1.86. The highest BCUT2D eigenvalue weighted by Gasteiger charge is 2.15. The first kappa shape index (κ1) is 11.6. The quantitative estimate of drug-likeness (QED) is 0.829. The first-order valence-corrected chi connectivity index (χ1v) is 6.57. The molecule has 0 saturated carbocycles. The molecule has 0 N–H and O–H groups in total. The predicted molar refractivity (Wildman–Crippen MR) is 72.0 cm³/mol. The van der Waals surface area contributed by atoms with Gasteiger partial charge in [0.2, 0.25) is 0 Å². The lowest BCUT2D eigenvalue weighted by atomic mass is 10.0. The van der Waals surface area contributed by atoms with Crippen LogP contribution in [0.5, 0.6) is 5.75 Å². The van der Waals surface area contributed by atoms with Crippen molar-refractivity contribution in [3.63, 3.8) is 0 Å². The molecule has 1 unspecified atom stereocenters. The minimum atomic E-state index is 0.639. The van der Waals surface area contributed by atoms with Crippen LogP contribution >= 0.6 is 0 Å². The van der Waals surface area contributed by atoms with E-state index in [2.05, 4.69) is 29.0 Å². The van der Waals surface area contributed by atoms with Crippen molar-refractivity contribution in [1.82, 2.24) is 4.57 Å². The summed E-state index contributed by atoms with van der Waals surface area (Å²) in [4.78, 5) is 0. The number of nitrogens with zero attached hydrogens (tertiary/aromatic N) is 1. The zero-order valence-corrected chi connectivity index (χ0v) is 10.8. The van der Waals surface area contributed by atoms with Crippen LogP contribution in [0.3, 0.4) is 0 Å². The lowest BCUT2D eigenvalue weighted by Crippen LogP contribution is -2.21. The number of hydrogen-bond acceptors (Lipinski definition) is 2. The van der Waals surface area contributed by atoms with Gasteiger partial charge in [-0.05, 0) is 36.4 Å². The largest absolute Gasteiger partial charge is 0.497 e. The molecule has 96 valence electrons. The number of methoxy groups -OCH3 is 1. The number of benzene rings is 1. The van der Waals surface area contributed by atoms with Crippen molar-refractivity contribution in [1.29, 1.82) is 0 Å². The molecule has 2 heterocycles. The Hall–Kier alpha value is -1.48. The molecule has 18 heavy (non-hydrogen) atoms. The zero-order valence-electron chi connectivity index (χ0n) is 10.8. The fourth-order valence-corrected chi connectivity index (χ4v) is 2.68. The molecular formula is C15H19NO2. The minimum absolute atomic E-state index is 0.639. The van der Waals surface area contributed by atoms with Crippen LogP contribution in [0.1, 0.15) is 12.8 Å². The summed E-state index contributed by atoms with van der Waals surface area (Å²) < 4.78 is 13.2. The molecule has 0 amide bonds. The summed E-state index contributed by atoms with van der Waals surface area (Å²) in [6.45, 7) is 2.86. The van der Waals surface area contributed by atoms with Gasteiger partial charge in [-0.15, -0.1) is 0 Å². The number of hydrogen-bond donors (Lipinski definition) is 0. The van der Waals surface area contributed by atoms with Crippen molar-refractivity contribution in [3.05, 3.63) is 30.5 Å². The van der Waals surface area contributed by atoms with Gasteiger partial charge in [-0.25, -0.2) is 0 Å². The fourth-order valence-electron chi connectivity index (χ4n) is 2.68. The lowest BCUT2D eigenvalue weighted by Gasteiger charge is -2.22. The second-order valence-corrected chi connectivity index (χ2v) is 4.98. The molecule has 1 aliphatic heterocycles. The third kappa shape index (κ3) is 2.23. The summed E-state index contributed by atoms with van der Waals surface area (Å²) in [5, 5.41) is 1.27. The molecule has 1 aromatic heterocycles. The topological polar surface area (TPSA) is 23.4 Å². The molecule has 3 rings (SSSR count). The Labute approximate surface area is 107 Å². The Morgan fingerprint density at radius 3 is 3.11 bits per heavy atom. The number of ether oxygens (including phenoxy) is 2. The van der Waals surface area contributed by atoms with E-state index in [4.69, 9.17) is 9.47 Å². The van der Waals surface area contributed by atoms with Gasteiger partial charge in [-0.2, -0.15) is 0 Å². The summed E-state index contributed by atoms with van der Waals surface area (Å²) in [5.41, 5.74) is 1.25. The second-order valence-electron chi connectivity index (χ2n) is 4.98. The molecule has 1 aliphatic rings. The predicted octanol–water partition coefficient (Wildman–Crippen LogP) is 3.08. The van der Waals surface area contributed by atoms with Gasteiger partial charge in [0.1, 0.15) is 5.75 Å². The summed E-state index contributed by atoms with van der Waals surface area (Å²) >= 11 is 0. The average molecular weight is 245 g/mol. The van der Waals surface area contributed by atoms with Crippen molar-refractivity contribution >= 4 is 10.9 Å². The van der Waals surface area contributed by atoms with E-state index >= 15 is 0 Å². The first-order valence-electron chi connectivity index (χ1n) is 6.57. The van der Waals surface area contributed by atoms with Gasteiger partial charge in [-0.3, -0.25) is 0 Å². The van der Waals surface area contributed by atoms with Crippen LogP contribution in [0, 0.1) is 5.92 Å². The summed E-state index contributed by atoms with van der Waals surface area (Å²) in [5.74, 6) is 1.56. The van der Waals surface area contributed by atoms with Gasteiger partial charge in [-0.1, -0.05) is 0 Å². The van der Waals surface area contributed by atoms with Crippen LogP contribution in [0.4, 0.5) is 0 Å². The second kappa shape index (κ2) is 5.02. The van der Waals surface area contributed by atoms with Gasteiger partial charge in [0.25, 0.3) is 0 Å². The van der Waals surface area contributed by atoms with Gasteiger partial charge in [0.05, 0.1) is 19.2 Å². The maximum Gasteiger partial charge on any atom is 0.120 e. The van der Waals surface area contributed by atoms with Crippen LogP contribution < -0.4 is 4.74 Å². The van der Waals surface area contributed by atoms with Gasteiger partial charge in [0.15, 0.2) is 0 Å². The van der Waals surface area contributed by atoms with Crippen LogP contribution in [-0.4, -0.2) is 24.9 Å². The smallest absolute Gasteiger partial charge is 0.120 e. The molecule has 3 heteroatoms. The van der Waals surface area contributed by atoms with E-state index in [1.165, 1.54) is 23.7 Å². The van der Waals surface area contributed by atoms with Gasteiger partial charge in [0, 0.05) is 31.3 Å². The molecule has 1 aromatic carbocycles. The van der Waals surface area contributed by atoms with Crippen LogP contribution in [0.2, 0.25) is 0 Å². The Kier molecular flexibility index (Phi) is 3.24. The van der Waals surface area contributed by atoms with Crippen molar-refractivity contribution in [3.8, 4) is 5.75 Å². The molecule has 0 bridgehead atoms. The van der Waals surface area contributed by atoms with Crippen molar-refractivity contribution in [2.45, 2.75) is 19.4 Å². The van der Waals surface area contributed by atoms with E-state index in [0.717, 1.165) is 25.5 Å². The van der Waals surface area contributed by atoms with Crippen molar-refractivity contribution < 1.29 is 9.47 Å². The summed E-state index contributed by atoms with van der Waals surface area (Å²) in [6, 6.07) is 8.40. The van der Waals surface area contributed by atoms with E-state index in [9.17, 15) is 0 Å². The third-order valence-corrected chi connectivity index (χ3v) is 3.69. The average Bonchev–Trinajstić information content (AvgIpc) is 2.82. The van der Waals surface area contributed by atoms with Crippen molar-refractivity contribution in [2.75, 3.05) is 20.3 Å². The van der Waals surface area contributed by atoms with Crippen LogP contribution in [0.15, 0.2) is 30.5 Å². The number of aromatic nitrogens is 1. The molecule has 3 nitrogen and oxygen atoms in total. The molecule has 0 aliphatic carbocycles. The minimum Gasteiger partial charge on any atom is -0.497 e. The highest BCUT2D eigenvalue weighted by atomic mass is 16.5. The normalized spacial score (nSPS) is 20.2. The number of rotatable bonds is 3. The van der Waals surface area contributed by atoms with E-state index in [-0.39, 0.29) is 0 Å². The maximum atomic E-state index is 5.55. The zero-order chi connectivity index (χ0) is 12.4. The van der Waals surface area contributed by atoms with Crippen LogP contribution in [0.25, 0.3) is 10.9 Å². The van der Waals surface area contributed by atoms with Crippen LogP contribution in [-0.2, 0) is 11.3 Å². The van der Waals surface area contributed by atoms with Gasteiger partial charge >= 0.3 is 0 Å². The Bertz CT molecular complexity index is 526. The highest BCUT2D eigenvalue weighted by molar-refractivity contribution is 5.81. The van der Waals surface area contributed by atoms with E-state index < -0.39 is 0 Å². The third-order valence-electron chi connectivity index (χ3n) is 3.69. The molecule has 1 saturated heterocycles. The number of fused-ring (bicyclic) bond motifs is 1. The highest BCUT2D eigenvalue weighted by Crippen LogP contribution is 2.24. The molecule has 0 radical (unpaired) electrons. The first-order chi connectivity index (χ1) is 8.86. The molecule has 0 spiro atoms. The molecule has 1 atom stereocenters. The monoisotopic (exact) mass is 245 g/mol. The summed E-state index contributed by atoms with van der Waals surface area (Å²) in [6.07, 6.45) is 4.62. The fraction of sp³-hybridized carbons (Fsp3) is 0.467. The summed E-state index contributed by atoms with van der Waals surface area (Å²) in [7, 11) is 1.71. The van der Waals surface area contributed by atoms with E-state index in [0.29, 0.717) is 5.92 Å². The Morgan fingerprint density at radius 2 is 2.33 bits per heavy atom. The molecule has 2 aromatic rings. The van der Waals surface area contributed by atoms with E-state index in [1.807, 2.05) is 6.07 Å². The van der Waals surface area contributed by atoms with Crippen molar-refractivity contribution in [2.24, 2.45) is 5.92 Å². The lowest BCUT2D eigenvalue weighted by molar-refractivity contribution is 0.0488. The maximum absolute atomic E-state index is 5.55. The molecular weight excluding hydrogens is 226 g/mol. The standard InChI is InChI=1S/C15H19NO2/c1-17-14-5-4-13-6-7-16(15(13)9-14)10-12-3-2-8-18-11-12/h4-7,9,12H,2-3,8,10-11H2,1H3. The SMILES string of the molecule is COc1ccc2ccn(CC3CCCOC3)c2c1. The van der Waals surface area contributed by atoms with Gasteiger partial charge < -0.3 is 14.0 Å². The molecule has 1 fully saturated rings. The Morgan fingerprint density at radius 1 is 1.39 bits per heavy atom. The van der Waals surface area contributed by atoms with E-state index in [1.54, 1.807) is 7.11 Å².